The van der Waals surface area contributed by atoms with Crippen molar-refractivity contribution in [2.45, 2.75) is 52.4 Å². The average molecular weight is 848 g/mol. The molecule has 0 N–H and O–H groups in total. The van der Waals surface area contributed by atoms with Gasteiger partial charge in [-0.2, -0.15) is 0 Å². The Labute approximate surface area is 364 Å². The van der Waals surface area contributed by atoms with E-state index in [4.69, 9.17) is 0 Å². The molecule has 0 nitrogen and oxygen atoms in total. The fraction of sp³-hybridized carbons (Fsp3) is 0.133. The minimum atomic E-state index is 0.0248. The summed E-state index contributed by atoms with van der Waals surface area (Å²) >= 11 is 0.161. The van der Waals surface area contributed by atoms with Crippen LogP contribution in [-0.2, 0) is 10.8 Å². The summed E-state index contributed by atoms with van der Waals surface area (Å²) in [6, 6.07) is 69.0. The van der Waals surface area contributed by atoms with Gasteiger partial charge in [-0.1, -0.05) is 0 Å². The van der Waals surface area contributed by atoms with Crippen molar-refractivity contribution in [1.82, 2.24) is 0 Å². The number of hydrogen-bond acceptors (Lipinski definition) is 0. The zero-order chi connectivity index (χ0) is 41.6. The Bertz CT molecular complexity index is 3390. The number of benzene rings is 10. The third kappa shape index (κ3) is 6.17. The number of hydrogen-bond donors (Lipinski definition) is 0. The summed E-state index contributed by atoms with van der Waals surface area (Å²) in [5.74, 6) is 0. The topological polar surface area (TPSA) is 0 Å². The molecular formula is C60H48Se. The van der Waals surface area contributed by atoms with E-state index in [0.717, 1.165) is 0 Å². The third-order valence-corrected chi connectivity index (χ3v) is 15.3. The molecular weight excluding hydrogens is 800 g/mol. The number of fused-ring (bicyclic) bond motifs is 7. The van der Waals surface area contributed by atoms with E-state index < -0.39 is 0 Å². The zero-order valence-corrected chi connectivity index (χ0v) is 37.4. The van der Waals surface area contributed by atoms with Gasteiger partial charge in [0.2, 0.25) is 0 Å². The molecule has 11 rings (SSSR count). The third-order valence-electron chi connectivity index (χ3n) is 12.9. The van der Waals surface area contributed by atoms with Crippen molar-refractivity contribution < 1.29 is 0 Å². The van der Waals surface area contributed by atoms with Crippen molar-refractivity contribution in [3.8, 4) is 44.5 Å². The molecule has 0 saturated carbocycles. The quantitative estimate of drug-likeness (QED) is 0.122. The molecule has 0 radical (unpaired) electrons. The van der Waals surface area contributed by atoms with Gasteiger partial charge in [0.25, 0.3) is 0 Å². The van der Waals surface area contributed by atoms with Crippen LogP contribution in [0.2, 0.25) is 0 Å². The molecule has 0 spiro atoms. The molecule has 61 heavy (non-hydrogen) atoms. The molecule has 0 unspecified atom stereocenters. The molecule has 0 aliphatic rings. The molecule has 0 aliphatic carbocycles. The Morgan fingerprint density at radius 1 is 0.295 bits per heavy atom. The molecule has 0 bridgehead atoms. The fourth-order valence-corrected chi connectivity index (χ4v) is 12.4. The Morgan fingerprint density at radius 3 is 1.20 bits per heavy atom. The molecule has 294 valence electrons. The summed E-state index contributed by atoms with van der Waals surface area (Å²) in [6.07, 6.45) is 0. The van der Waals surface area contributed by atoms with Crippen LogP contribution in [0.15, 0.2) is 182 Å². The van der Waals surface area contributed by atoms with Crippen molar-refractivity contribution in [2.75, 3.05) is 0 Å². The molecule has 0 atom stereocenters. The second-order valence-corrected chi connectivity index (χ2v) is 21.1. The van der Waals surface area contributed by atoms with E-state index in [2.05, 4.69) is 224 Å². The van der Waals surface area contributed by atoms with Crippen LogP contribution in [0.4, 0.5) is 0 Å². The standard InChI is InChI=1S/C60H48Se/c1-59(2,3)40-33-39(34-41(36-40)60(4,5)6)56-44-23-12-10-21-42(44)55(43-22-11-13-24-45(43)56)38-31-32-50-53(35-38)61-52-30-18-29-51(58(50)52)57-48-27-16-14-25-46(48)54(37-19-8-7-9-20-37)47-26-15-17-28-49(47)57/h7-36H,1-6H3. The van der Waals surface area contributed by atoms with E-state index in [-0.39, 0.29) is 25.3 Å². The predicted octanol–water partition coefficient (Wildman–Crippen LogP) is 16.9. The van der Waals surface area contributed by atoms with E-state index in [1.165, 1.54) is 118 Å². The molecule has 1 heterocycles. The minimum absolute atomic E-state index is 0.0248. The summed E-state index contributed by atoms with van der Waals surface area (Å²) in [6.45, 7) is 14.0. The van der Waals surface area contributed by atoms with E-state index in [9.17, 15) is 0 Å². The number of rotatable bonds is 4. The van der Waals surface area contributed by atoms with Gasteiger partial charge in [0.05, 0.1) is 0 Å². The SMILES string of the molecule is CC(C)(C)c1cc(-c2c3ccccc3c(-c3ccc4c(c3)[se]c3cccc(-c5c6ccccc6c(-c6ccccc6)c6ccccc56)c34)c3ccccc23)cc(C(C)(C)C)c1. The first-order valence-electron chi connectivity index (χ1n) is 21.6. The first kappa shape index (κ1) is 37.7. The second-order valence-electron chi connectivity index (χ2n) is 18.8. The van der Waals surface area contributed by atoms with E-state index in [1.54, 1.807) is 0 Å². The van der Waals surface area contributed by atoms with Gasteiger partial charge < -0.3 is 0 Å². The Hall–Kier alpha value is -6.24. The summed E-state index contributed by atoms with van der Waals surface area (Å²) in [5, 5.41) is 13.1. The molecule has 0 amide bonds. The van der Waals surface area contributed by atoms with Crippen LogP contribution >= 0.6 is 0 Å². The maximum absolute atomic E-state index is 2.53. The first-order valence-corrected chi connectivity index (χ1v) is 23.3. The predicted molar refractivity (Wildman–Crippen MR) is 268 cm³/mol. The second kappa shape index (κ2) is 14.2. The molecule has 1 heteroatoms. The van der Waals surface area contributed by atoms with Crippen LogP contribution in [-0.4, -0.2) is 14.5 Å². The molecule has 1 aromatic heterocycles. The van der Waals surface area contributed by atoms with Gasteiger partial charge in [-0.3, -0.25) is 0 Å². The Morgan fingerprint density at radius 2 is 0.721 bits per heavy atom. The van der Waals surface area contributed by atoms with Crippen LogP contribution in [0.25, 0.3) is 107 Å². The van der Waals surface area contributed by atoms with Gasteiger partial charge >= 0.3 is 367 Å². The molecule has 10 aromatic carbocycles. The molecule has 0 fully saturated rings. The van der Waals surface area contributed by atoms with Gasteiger partial charge in [0.1, 0.15) is 0 Å². The maximum atomic E-state index is 2.53. The summed E-state index contributed by atoms with van der Waals surface area (Å²) in [4.78, 5) is 0. The van der Waals surface area contributed by atoms with Crippen LogP contribution in [0, 0.1) is 0 Å². The Kier molecular flexibility index (Phi) is 8.77. The Balaban J connectivity index is 1.15. The molecule has 11 aromatic rings. The monoisotopic (exact) mass is 848 g/mol. The van der Waals surface area contributed by atoms with Crippen molar-refractivity contribution in [3.05, 3.63) is 193 Å². The van der Waals surface area contributed by atoms with Crippen LogP contribution in [0.5, 0.6) is 0 Å². The van der Waals surface area contributed by atoms with Gasteiger partial charge in [0, 0.05) is 0 Å². The van der Waals surface area contributed by atoms with Crippen LogP contribution in [0.3, 0.4) is 0 Å². The average Bonchev–Trinajstić information content (AvgIpc) is 3.65. The van der Waals surface area contributed by atoms with Gasteiger partial charge in [-0.25, -0.2) is 0 Å². The first-order chi connectivity index (χ1) is 29.5. The van der Waals surface area contributed by atoms with Crippen molar-refractivity contribution in [1.29, 1.82) is 0 Å². The van der Waals surface area contributed by atoms with E-state index in [1.807, 2.05) is 0 Å². The molecule has 0 aliphatic heterocycles. The van der Waals surface area contributed by atoms with Crippen molar-refractivity contribution in [3.63, 3.8) is 0 Å². The fourth-order valence-electron chi connectivity index (χ4n) is 9.91. The summed E-state index contributed by atoms with van der Waals surface area (Å²) in [7, 11) is 0. The van der Waals surface area contributed by atoms with Crippen LogP contribution in [0.1, 0.15) is 52.7 Å². The van der Waals surface area contributed by atoms with Gasteiger partial charge in [0.15, 0.2) is 0 Å². The van der Waals surface area contributed by atoms with Gasteiger partial charge in [-0.05, 0) is 0 Å². The summed E-state index contributed by atoms with van der Waals surface area (Å²) < 4.78 is 2.91. The summed E-state index contributed by atoms with van der Waals surface area (Å²) in [5.41, 5.74) is 13.2. The van der Waals surface area contributed by atoms with Crippen molar-refractivity contribution >= 4 is 76.9 Å². The molecule has 0 saturated heterocycles. The van der Waals surface area contributed by atoms with Crippen LogP contribution < -0.4 is 0 Å². The zero-order valence-electron chi connectivity index (χ0n) is 35.7. The normalized spacial score (nSPS) is 12.4. The van der Waals surface area contributed by atoms with E-state index >= 15 is 0 Å². The van der Waals surface area contributed by atoms with E-state index in [0.29, 0.717) is 0 Å². The van der Waals surface area contributed by atoms with Crippen molar-refractivity contribution in [2.24, 2.45) is 0 Å². The van der Waals surface area contributed by atoms with Gasteiger partial charge in [-0.15, -0.1) is 0 Å².